The van der Waals surface area contributed by atoms with E-state index in [0.717, 1.165) is 18.3 Å². The van der Waals surface area contributed by atoms with Crippen molar-refractivity contribution in [3.05, 3.63) is 28.4 Å². The molecule has 1 saturated heterocycles. The summed E-state index contributed by atoms with van der Waals surface area (Å²) in [6, 6.07) is 2.20. The van der Waals surface area contributed by atoms with Crippen molar-refractivity contribution in [2.24, 2.45) is 0 Å². The third kappa shape index (κ3) is 2.88. The van der Waals surface area contributed by atoms with Crippen molar-refractivity contribution in [2.45, 2.75) is 23.8 Å². The maximum absolute atomic E-state index is 12.2. The number of nitrogens with zero attached hydrogens (tertiary/aromatic N) is 3. The first kappa shape index (κ1) is 13.8. The zero-order chi connectivity index (χ0) is 14.0. The van der Waals surface area contributed by atoms with E-state index in [1.807, 2.05) is 0 Å². The molecule has 1 N–H and O–H groups in total. The van der Waals surface area contributed by atoms with Gasteiger partial charge in [-0.1, -0.05) is 0 Å². The van der Waals surface area contributed by atoms with E-state index in [1.54, 1.807) is 0 Å². The predicted octanol–water partition coefficient (Wildman–Crippen LogP) is 0.135. The maximum atomic E-state index is 12.2. The minimum atomic E-state index is -3.75. The predicted molar refractivity (Wildman–Crippen MR) is 64.9 cm³/mol. The van der Waals surface area contributed by atoms with E-state index in [-0.39, 0.29) is 11.4 Å². The summed E-state index contributed by atoms with van der Waals surface area (Å²) in [5.41, 5.74) is 0. The molecule has 0 spiro atoms. The van der Waals surface area contributed by atoms with Crippen molar-refractivity contribution in [1.82, 2.24) is 9.29 Å². The molecule has 19 heavy (non-hydrogen) atoms. The van der Waals surface area contributed by atoms with Crippen molar-refractivity contribution >= 4 is 15.8 Å². The van der Waals surface area contributed by atoms with Gasteiger partial charge in [0.1, 0.15) is 4.90 Å². The van der Waals surface area contributed by atoms with Crippen LogP contribution in [0.1, 0.15) is 12.8 Å². The average Bonchev–Trinajstić information content (AvgIpc) is 2.39. The zero-order valence-corrected chi connectivity index (χ0v) is 10.8. The zero-order valence-electron chi connectivity index (χ0n) is 9.97. The van der Waals surface area contributed by atoms with Gasteiger partial charge in [-0.25, -0.2) is 8.42 Å². The summed E-state index contributed by atoms with van der Waals surface area (Å²) in [7, 11) is -3.75. The lowest BCUT2D eigenvalue weighted by Crippen LogP contribution is -2.42. The van der Waals surface area contributed by atoms with Gasteiger partial charge in [0, 0.05) is 19.2 Å². The molecule has 2 rings (SSSR count). The van der Waals surface area contributed by atoms with Crippen molar-refractivity contribution in [3.63, 3.8) is 0 Å². The van der Waals surface area contributed by atoms with Crippen molar-refractivity contribution in [2.75, 3.05) is 13.1 Å². The van der Waals surface area contributed by atoms with Gasteiger partial charge in [0.2, 0.25) is 10.0 Å². The summed E-state index contributed by atoms with van der Waals surface area (Å²) < 4.78 is 25.6. The standard InChI is InChI=1S/C10H13N3O5S/c14-8-2-1-5-12(7-8)19(17,18)9-3-4-10(11-6-9)13(15)16/h3-4,6,8,14H,1-2,5,7H2/t8-/m0/s1. The van der Waals surface area contributed by atoms with E-state index in [4.69, 9.17) is 0 Å². The first-order valence-electron chi connectivity index (χ1n) is 5.70. The van der Waals surface area contributed by atoms with Gasteiger partial charge >= 0.3 is 5.82 Å². The summed E-state index contributed by atoms with van der Waals surface area (Å²) in [5, 5.41) is 20.0. The van der Waals surface area contributed by atoms with E-state index in [2.05, 4.69) is 4.98 Å². The van der Waals surface area contributed by atoms with Gasteiger partial charge < -0.3 is 15.2 Å². The molecular weight excluding hydrogens is 274 g/mol. The van der Waals surface area contributed by atoms with Crippen molar-refractivity contribution in [3.8, 4) is 0 Å². The minimum Gasteiger partial charge on any atom is -0.392 e. The summed E-state index contributed by atoms with van der Waals surface area (Å²) in [6.45, 7) is 0.371. The fourth-order valence-corrected chi connectivity index (χ4v) is 3.38. The van der Waals surface area contributed by atoms with Gasteiger partial charge in [0.25, 0.3) is 0 Å². The highest BCUT2D eigenvalue weighted by Crippen LogP contribution is 2.21. The molecule has 0 amide bonds. The van der Waals surface area contributed by atoms with Crippen LogP contribution in [0.4, 0.5) is 5.82 Å². The summed E-state index contributed by atoms with van der Waals surface area (Å²) >= 11 is 0. The molecule has 1 aromatic rings. The topological polar surface area (TPSA) is 114 Å². The Bertz CT molecular complexity index is 571. The molecule has 9 heteroatoms. The van der Waals surface area contributed by atoms with Gasteiger partial charge in [-0.3, -0.25) is 0 Å². The van der Waals surface area contributed by atoms with Gasteiger partial charge in [0.15, 0.2) is 6.20 Å². The molecule has 0 bridgehead atoms. The third-order valence-electron chi connectivity index (χ3n) is 2.90. The molecule has 0 aromatic carbocycles. The summed E-state index contributed by atoms with van der Waals surface area (Å²) in [6.07, 6.45) is 1.45. The average molecular weight is 287 g/mol. The normalized spacial score (nSPS) is 21.2. The highest BCUT2D eigenvalue weighted by Gasteiger charge is 2.30. The Morgan fingerprint density at radius 3 is 2.74 bits per heavy atom. The second-order valence-electron chi connectivity index (χ2n) is 4.27. The number of rotatable bonds is 3. The molecule has 0 saturated carbocycles. The van der Waals surface area contributed by atoms with Crippen LogP contribution < -0.4 is 0 Å². The molecule has 104 valence electrons. The number of sulfonamides is 1. The maximum Gasteiger partial charge on any atom is 0.363 e. The Hall–Kier alpha value is -1.58. The van der Waals surface area contributed by atoms with Gasteiger partial charge in [-0.2, -0.15) is 4.31 Å². The fraction of sp³-hybridized carbons (Fsp3) is 0.500. The lowest BCUT2D eigenvalue weighted by Gasteiger charge is -2.28. The third-order valence-corrected chi connectivity index (χ3v) is 4.75. The number of hydrogen-bond acceptors (Lipinski definition) is 6. The lowest BCUT2D eigenvalue weighted by molar-refractivity contribution is -0.389. The smallest absolute Gasteiger partial charge is 0.363 e. The van der Waals surface area contributed by atoms with E-state index in [1.165, 1.54) is 4.31 Å². The quantitative estimate of drug-likeness (QED) is 0.624. The van der Waals surface area contributed by atoms with Crippen molar-refractivity contribution < 1.29 is 18.4 Å². The molecule has 1 atom stereocenters. The Balaban J connectivity index is 2.26. The van der Waals surface area contributed by atoms with Crippen LogP contribution in [0.15, 0.2) is 23.2 Å². The molecule has 8 nitrogen and oxygen atoms in total. The SMILES string of the molecule is O=[N+]([O-])c1ccc(S(=O)(=O)N2CCC[C@H](O)C2)cn1. The van der Waals surface area contributed by atoms with Crippen LogP contribution in [0, 0.1) is 10.1 Å². The number of hydrogen-bond donors (Lipinski definition) is 1. The van der Waals surface area contributed by atoms with Gasteiger partial charge in [-0.05, 0) is 28.8 Å². The second kappa shape index (κ2) is 5.19. The van der Waals surface area contributed by atoms with Crippen molar-refractivity contribution in [1.29, 1.82) is 0 Å². The Morgan fingerprint density at radius 2 is 2.21 bits per heavy atom. The Morgan fingerprint density at radius 1 is 1.47 bits per heavy atom. The highest BCUT2D eigenvalue weighted by molar-refractivity contribution is 7.89. The first-order valence-corrected chi connectivity index (χ1v) is 7.14. The number of β-amino-alcohol motifs (C(OH)–C–C–N with tert-alkyl or cyclic N) is 1. The molecular formula is C10H13N3O5S. The number of pyridine rings is 1. The van der Waals surface area contributed by atoms with E-state index in [0.29, 0.717) is 19.4 Å². The molecule has 2 heterocycles. The number of aliphatic hydroxyl groups excluding tert-OH is 1. The van der Waals surface area contributed by atoms with Crippen LogP contribution in [-0.4, -0.2) is 46.9 Å². The van der Waals surface area contributed by atoms with Crippen LogP contribution in [0.3, 0.4) is 0 Å². The minimum absolute atomic E-state index is 0.0410. The lowest BCUT2D eigenvalue weighted by atomic mass is 10.1. The fourth-order valence-electron chi connectivity index (χ4n) is 1.92. The Kier molecular flexibility index (Phi) is 3.78. The number of nitro groups is 1. The van der Waals surface area contributed by atoms with Gasteiger partial charge in [0.05, 0.1) is 6.10 Å². The molecule has 0 aliphatic carbocycles. The second-order valence-corrected chi connectivity index (χ2v) is 6.21. The molecule has 1 aliphatic heterocycles. The van der Waals surface area contributed by atoms with Crippen LogP contribution in [0.25, 0.3) is 0 Å². The van der Waals surface area contributed by atoms with Crippen LogP contribution in [0.2, 0.25) is 0 Å². The molecule has 0 radical (unpaired) electrons. The Labute approximate surface area is 109 Å². The molecule has 1 fully saturated rings. The monoisotopic (exact) mass is 287 g/mol. The number of piperidine rings is 1. The summed E-state index contributed by atoms with van der Waals surface area (Å²) in [5.74, 6) is -0.405. The largest absolute Gasteiger partial charge is 0.392 e. The van der Waals surface area contributed by atoms with Crippen LogP contribution >= 0.6 is 0 Å². The molecule has 0 unspecified atom stereocenters. The molecule has 1 aromatic heterocycles. The van der Waals surface area contributed by atoms with E-state index >= 15 is 0 Å². The highest BCUT2D eigenvalue weighted by atomic mass is 32.2. The molecule has 1 aliphatic rings. The van der Waals surface area contributed by atoms with Crippen LogP contribution in [-0.2, 0) is 10.0 Å². The van der Waals surface area contributed by atoms with E-state index < -0.39 is 26.9 Å². The van der Waals surface area contributed by atoms with E-state index in [9.17, 15) is 23.6 Å². The first-order chi connectivity index (χ1) is 8.91. The van der Waals surface area contributed by atoms with Gasteiger partial charge in [-0.15, -0.1) is 0 Å². The summed E-state index contributed by atoms with van der Waals surface area (Å²) in [4.78, 5) is 13.1. The number of aliphatic hydroxyl groups is 1. The number of aromatic nitrogens is 1. The van der Waals surface area contributed by atoms with Crippen LogP contribution in [0.5, 0.6) is 0 Å².